The lowest BCUT2D eigenvalue weighted by molar-refractivity contribution is -0.142. The van der Waals surface area contributed by atoms with Crippen molar-refractivity contribution in [1.82, 2.24) is 5.32 Å². The fourth-order valence-electron chi connectivity index (χ4n) is 2.13. The van der Waals surface area contributed by atoms with Crippen LogP contribution >= 0.6 is 0 Å². The number of nitrogens with one attached hydrogen (secondary N) is 1. The SMILES string of the molecule is Cc1cccc(C(=O)NCCC(=O)OC/C=C/c2ccccc2)c1. The molecule has 0 aliphatic carbocycles. The maximum Gasteiger partial charge on any atom is 0.307 e. The van der Waals surface area contributed by atoms with Crippen molar-refractivity contribution in [3.05, 3.63) is 77.4 Å². The van der Waals surface area contributed by atoms with E-state index in [1.54, 1.807) is 12.1 Å². The van der Waals surface area contributed by atoms with Gasteiger partial charge in [-0.3, -0.25) is 9.59 Å². The molecule has 4 heteroatoms. The lowest BCUT2D eigenvalue weighted by Gasteiger charge is -2.06. The number of hydrogen-bond acceptors (Lipinski definition) is 3. The Labute approximate surface area is 142 Å². The van der Waals surface area contributed by atoms with Crippen molar-refractivity contribution in [2.45, 2.75) is 13.3 Å². The Morgan fingerprint density at radius 2 is 1.88 bits per heavy atom. The van der Waals surface area contributed by atoms with Gasteiger partial charge in [-0.1, -0.05) is 54.1 Å². The first-order valence-corrected chi connectivity index (χ1v) is 7.87. The van der Waals surface area contributed by atoms with Crippen molar-refractivity contribution < 1.29 is 14.3 Å². The molecule has 0 atom stereocenters. The Balaban J connectivity index is 1.64. The zero-order chi connectivity index (χ0) is 17.2. The minimum atomic E-state index is -0.336. The smallest absolute Gasteiger partial charge is 0.307 e. The summed E-state index contributed by atoms with van der Waals surface area (Å²) in [5, 5.41) is 2.72. The largest absolute Gasteiger partial charge is 0.461 e. The van der Waals surface area contributed by atoms with Crippen LogP contribution in [0, 0.1) is 6.92 Å². The summed E-state index contributed by atoms with van der Waals surface area (Å²) in [6, 6.07) is 17.1. The van der Waals surface area contributed by atoms with E-state index in [-0.39, 0.29) is 31.4 Å². The maximum atomic E-state index is 11.9. The standard InChI is InChI=1S/C20H21NO3/c1-16-7-5-11-18(15-16)20(23)21-13-12-19(22)24-14-6-10-17-8-3-2-4-9-17/h2-11,15H,12-14H2,1H3,(H,21,23)/b10-6+. The molecule has 1 amide bonds. The van der Waals surface area contributed by atoms with Crippen LogP contribution in [0.5, 0.6) is 0 Å². The fraction of sp³-hybridized carbons (Fsp3) is 0.200. The van der Waals surface area contributed by atoms with Gasteiger partial charge in [0.25, 0.3) is 5.91 Å². The number of hydrogen-bond donors (Lipinski definition) is 1. The van der Waals surface area contributed by atoms with Crippen LogP contribution in [0.2, 0.25) is 0 Å². The highest BCUT2D eigenvalue weighted by molar-refractivity contribution is 5.94. The lowest BCUT2D eigenvalue weighted by Crippen LogP contribution is -2.26. The molecule has 0 bridgehead atoms. The second-order valence-corrected chi connectivity index (χ2v) is 5.37. The van der Waals surface area contributed by atoms with Gasteiger partial charge in [-0.15, -0.1) is 0 Å². The average Bonchev–Trinajstić information content (AvgIpc) is 2.59. The minimum absolute atomic E-state index is 0.150. The molecule has 0 fully saturated rings. The summed E-state index contributed by atoms with van der Waals surface area (Å²) in [7, 11) is 0. The molecular weight excluding hydrogens is 302 g/mol. The second-order valence-electron chi connectivity index (χ2n) is 5.37. The molecule has 0 saturated heterocycles. The number of ether oxygens (including phenoxy) is 1. The monoisotopic (exact) mass is 323 g/mol. The van der Waals surface area contributed by atoms with E-state index in [1.807, 2.05) is 61.5 Å². The molecule has 2 rings (SSSR count). The normalized spacial score (nSPS) is 10.5. The molecule has 0 aliphatic heterocycles. The molecule has 4 nitrogen and oxygen atoms in total. The quantitative estimate of drug-likeness (QED) is 0.795. The zero-order valence-electron chi connectivity index (χ0n) is 13.7. The summed E-state index contributed by atoms with van der Waals surface area (Å²) < 4.78 is 5.09. The summed E-state index contributed by atoms with van der Waals surface area (Å²) in [6.45, 7) is 2.41. The van der Waals surface area contributed by atoms with E-state index in [2.05, 4.69) is 5.32 Å². The first kappa shape index (κ1) is 17.5. The number of amides is 1. The van der Waals surface area contributed by atoms with Crippen LogP contribution in [0.1, 0.15) is 27.9 Å². The third kappa shape index (κ3) is 6.08. The van der Waals surface area contributed by atoms with Crippen molar-refractivity contribution in [2.75, 3.05) is 13.2 Å². The third-order valence-electron chi connectivity index (χ3n) is 3.35. The summed E-state index contributed by atoms with van der Waals surface area (Å²) in [5.41, 5.74) is 2.67. The molecule has 0 aromatic heterocycles. The van der Waals surface area contributed by atoms with Crippen LogP contribution in [0.4, 0.5) is 0 Å². The molecule has 0 radical (unpaired) electrons. The lowest BCUT2D eigenvalue weighted by atomic mass is 10.1. The average molecular weight is 323 g/mol. The Bertz CT molecular complexity index is 708. The van der Waals surface area contributed by atoms with Gasteiger partial charge in [0.1, 0.15) is 6.61 Å². The zero-order valence-corrected chi connectivity index (χ0v) is 13.7. The van der Waals surface area contributed by atoms with Gasteiger partial charge in [0, 0.05) is 12.1 Å². The van der Waals surface area contributed by atoms with Crippen LogP contribution in [0.15, 0.2) is 60.7 Å². The highest BCUT2D eigenvalue weighted by Gasteiger charge is 2.07. The number of aryl methyl sites for hydroxylation is 1. The number of benzene rings is 2. The van der Waals surface area contributed by atoms with Gasteiger partial charge in [0.2, 0.25) is 0 Å². The highest BCUT2D eigenvalue weighted by Crippen LogP contribution is 2.03. The van der Waals surface area contributed by atoms with Crippen LogP contribution < -0.4 is 5.32 Å². The van der Waals surface area contributed by atoms with Crippen LogP contribution in [-0.2, 0) is 9.53 Å². The van der Waals surface area contributed by atoms with E-state index in [9.17, 15) is 9.59 Å². The van der Waals surface area contributed by atoms with Crippen molar-refractivity contribution in [1.29, 1.82) is 0 Å². The molecule has 0 saturated carbocycles. The fourth-order valence-corrected chi connectivity index (χ4v) is 2.13. The molecule has 0 unspecified atom stereocenters. The number of carbonyl (C=O) groups excluding carboxylic acids is 2. The molecule has 24 heavy (non-hydrogen) atoms. The Hall–Kier alpha value is -2.88. The molecule has 124 valence electrons. The predicted molar refractivity (Wildman–Crippen MR) is 94.6 cm³/mol. The number of esters is 1. The van der Waals surface area contributed by atoms with E-state index in [1.165, 1.54) is 0 Å². The van der Waals surface area contributed by atoms with E-state index < -0.39 is 0 Å². The highest BCUT2D eigenvalue weighted by atomic mass is 16.5. The topological polar surface area (TPSA) is 55.4 Å². The molecular formula is C20H21NO3. The molecule has 2 aromatic carbocycles. The van der Waals surface area contributed by atoms with Crippen molar-refractivity contribution >= 4 is 18.0 Å². The van der Waals surface area contributed by atoms with Gasteiger partial charge in [-0.05, 0) is 30.7 Å². The first-order valence-electron chi connectivity index (χ1n) is 7.87. The molecule has 0 spiro atoms. The first-order chi connectivity index (χ1) is 11.6. The van der Waals surface area contributed by atoms with Gasteiger partial charge in [0.05, 0.1) is 6.42 Å². The van der Waals surface area contributed by atoms with E-state index >= 15 is 0 Å². The minimum Gasteiger partial charge on any atom is -0.461 e. The second kappa shape index (κ2) is 9.30. The van der Waals surface area contributed by atoms with Gasteiger partial charge < -0.3 is 10.1 Å². The summed E-state index contributed by atoms with van der Waals surface area (Å²) >= 11 is 0. The maximum absolute atomic E-state index is 11.9. The summed E-state index contributed by atoms with van der Waals surface area (Å²) in [6.07, 6.45) is 3.84. The molecule has 0 heterocycles. The van der Waals surface area contributed by atoms with Crippen LogP contribution in [0.25, 0.3) is 6.08 Å². The molecule has 0 aliphatic rings. The number of carbonyl (C=O) groups is 2. The predicted octanol–water partition coefficient (Wildman–Crippen LogP) is 3.37. The van der Waals surface area contributed by atoms with E-state index in [4.69, 9.17) is 4.74 Å². The summed E-state index contributed by atoms with van der Waals surface area (Å²) in [5.74, 6) is -0.521. The van der Waals surface area contributed by atoms with E-state index in [0.717, 1.165) is 11.1 Å². The third-order valence-corrected chi connectivity index (χ3v) is 3.35. The van der Waals surface area contributed by atoms with Gasteiger partial charge in [-0.25, -0.2) is 0 Å². The molecule has 1 N–H and O–H groups in total. The van der Waals surface area contributed by atoms with E-state index in [0.29, 0.717) is 5.56 Å². The number of rotatable bonds is 7. The van der Waals surface area contributed by atoms with Crippen LogP contribution in [0.3, 0.4) is 0 Å². The van der Waals surface area contributed by atoms with Gasteiger partial charge in [0.15, 0.2) is 0 Å². The Kier molecular flexibility index (Phi) is 6.77. The van der Waals surface area contributed by atoms with Crippen molar-refractivity contribution in [2.24, 2.45) is 0 Å². The van der Waals surface area contributed by atoms with Gasteiger partial charge >= 0.3 is 5.97 Å². The molecule has 2 aromatic rings. The van der Waals surface area contributed by atoms with Crippen molar-refractivity contribution in [3.8, 4) is 0 Å². The van der Waals surface area contributed by atoms with Gasteiger partial charge in [-0.2, -0.15) is 0 Å². The summed E-state index contributed by atoms with van der Waals surface area (Å²) in [4.78, 5) is 23.5. The van der Waals surface area contributed by atoms with Crippen LogP contribution in [-0.4, -0.2) is 25.0 Å². The van der Waals surface area contributed by atoms with Crippen molar-refractivity contribution in [3.63, 3.8) is 0 Å². The Morgan fingerprint density at radius 3 is 2.62 bits per heavy atom. The Morgan fingerprint density at radius 1 is 1.08 bits per heavy atom.